The zero-order valence-electron chi connectivity index (χ0n) is 14.4. The molecule has 1 aromatic carbocycles. The van der Waals surface area contributed by atoms with Crippen LogP contribution in [0.2, 0.25) is 0 Å². The second kappa shape index (κ2) is 6.47. The van der Waals surface area contributed by atoms with Crippen molar-refractivity contribution in [1.29, 1.82) is 0 Å². The van der Waals surface area contributed by atoms with Gasteiger partial charge in [-0.15, -0.1) is 5.10 Å². The molecule has 1 aliphatic heterocycles. The summed E-state index contributed by atoms with van der Waals surface area (Å²) in [6.45, 7) is 1.87. The highest BCUT2D eigenvalue weighted by Crippen LogP contribution is 2.41. The van der Waals surface area contributed by atoms with Crippen LogP contribution in [0, 0.1) is 5.82 Å². The van der Waals surface area contributed by atoms with Gasteiger partial charge in [0.15, 0.2) is 5.76 Å². The normalized spacial score (nSPS) is 16.3. The summed E-state index contributed by atoms with van der Waals surface area (Å²) >= 11 is 1.40. The largest absolute Gasteiger partial charge is 0.492 e. The molecule has 6 nitrogen and oxygen atoms in total. The number of furan rings is 1. The van der Waals surface area contributed by atoms with Crippen molar-refractivity contribution in [2.24, 2.45) is 0 Å². The van der Waals surface area contributed by atoms with E-state index < -0.39 is 0 Å². The van der Waals surface area contributed by atoms with Crippen LogP contribution >= 0.6 is 11.3 Å². The number of halogens is 1. The Labute approximate surface area is 158 Å². The van der Waals surface area contributed by atoms with E-state index in [0.29, 0.717) is 16.5 Å². The van der Waals surface area contributed by atoms with Crippen LogP contribution in [0.5, 0.6) is 5.88 Å². The van der Waals surface area contributed by atoms with Gasteiger partial charge in [0.1, 0.15) is 5.82 Å². The summed E-state index contributed by atoms with van der Waals surface area (Å²) in [5, 5.41) is 15.3. The molecule has 1 saturated heterocycles. The first-order valence-corrected chi connectivity index (χ1v) is 9.64. The minimum absolute atomic E-state index is 0.0709. The zero-order valence-corrected chi connectivity index (χ0v) is 15.2. The Kier molecular flexibility index (Phi) is 3.95. The number of fused-ring (bicyclic) bond motifs is 1. The Morgan fingerprint density at radius 3 is 2.59 bits per heavy atom. The van der Waals surface area contributed by atoms with E-state index in [4.69, 9.17) is 4.42 Å². The highest BCUT2D eigenvalue weighted by atomic mass is 32.1. The molecule has 0 radical (unpaired) electrons. The Balaban J connectivity index is 1.60. The summed E-state index contributed by atoms with van der Waals surface area (Å²) < 4.78 is 20.2. The molecule has 3 aromatic heterocycles. The van der Waals surface area contributed by atoms with Gasteiger partial charge in [0.25, 0.3) is 0 Å². The van der Waals surface area contributed by atoms with Gasteiger partial charge < -0.3 is 9.52 Å². The maximum atomic E-state index is 13.4. The van der Waals surface area contributed by atoms with Gasteiger partial charge in [0.05, 0.1) is 17.2 Å². The van der Waals surface area contributed by atoms with Gasteiger partial charge in [0, 0.05) is 0 Å². The van der Waals surface area contributed by atoms with Gasteiger partial charge in [-0.05, 0) is 55.8 Å². The summed E-state index contributed by atoms with van der Waals surface area (Å²) in [6.07, 6.45) is 3.79. The third-order valence-corrected chi connectivity index (χ3v) is 5.95. The number of rotatable bonds is 4. The number of likely N-dealkylation sites (tertiary alicyclic amines) is 1. The van der Waals surface area contributed by atoms with Gasteiger partial charge in [-0.25, -0.2) is 4.39 Å². The standard InChI is InChI=1S/C19H17FN4O2S/c20-13-7-5-12(6-8-13)15(23-9-1-2-10-23)16-18(25)24-19(27-16)21-17(22-24)14-4-3-11-26-14/h3-8,11,15,25H,1-2,9-10H2/t15-/m0/s1. The number of hydrogen-bond donors (Lipinski definition) is 1. The number of aromatic nitrogens is 3. The Bertz CT molecular complexity index is 1070. The number of thiazole rings is 1. The van der Waals surface area contributed by atoms with E-state index in [-0.39, 0.29) is 17.7 Å². The maximum Gasteiger partial charge on any atom is 0.230 e. The van der Waals surface area contributed by atoms with Gasteiger partial charge in [-0.2, -0.15) is 9.50 Å². The van der Waals surface area contributed by atoms with Crippen molar-refractivity contribution in [3.05, 3.63) is 58.9 Å². The summed E-state index contributed by atoms with van der Waals surface area (Å²) in [6, 6.07) is 9.89. The minimum Gasteiger partial charge on any atom is -0.492 e. The smallest absolute Gasteiger partial charge is 0.230 e. The second-order valence-electron chi connectivity index (χ2n) is 6.59. The van der Waals surface area contributed by atoms with E-state index in [1.54, 1.807) is 30.5 Å². The van der Waals surface area contributed by atoms with Crippen molar-refractivity contribution < 1.29 is 13.9 Å². The van der Waals surface area contributed by atoms with Crippen molar-refractivity contribution in [3.8, 4) is 17.5 Å². The molecule has 0 unspecified atom stereocenters. The van der Waals surface area contributed by atoms with E-state index in [2.05, 4.69) is 15.0 Å². The molecular weight excluding hydrogens is 367 g/mol. The predicted octanol–water partition coefficient (Wildman–Crippen LogP) is 4.08. The molecule has 0 spiro atoms. The molecule has 138 valence electrons. The van der Waals surface area contributed by atoms with E-state index >= 15 is 0 Å². The predicted molar refractivity (Wildman–Crippen MR) is 99.3 cm³/mol. The van der Waals surface area contributed by atoms with E-state index in [1.165, 1.54) is 28.0 Å². The minimum atomic E-state index is -0.270. The molecule has 8 heteroatoms. The molecule has 4 heterocycles. The monoisotopic (exact) mass is 384 g/mol. The van der Waals surface area contributed by atoms with Crippen LogP contribution in [0.4, 0.5) is 4.39 Å². The molecule has 1 N–H and O–H groups in total. The molecule has 0 amide bonds. The van der Waals surface area contributed by atoms with Crippen LogP contribution in [-0.2, 0) is 0 Å². The first-order chi connectivity index (χ1) is 13.2. The van der Waals surface area contributed by atoms with Crippen LogP contribution in [0.1, 0.15) is 29.3 Å². The van der Waals surface area contributed by atoms with Crippen molar-refractivity contribution >= 4 is 16.3 Å². The Morgan fingerprint density at radius 2 is 1.93 bits per heavy atom. The molecule has 1 fully saturated rings. The van der Waals surface area contributed by atoms with Crippen molar-refractivity contribution in [2.75, 3.05) is 13.1 Å². The van der Waals surface area contributed by atoms with Crippen LogP contribution in [0.3, 0.4) is 0 Å². The van der Waals surface area contributed by atoms with Gasteiger partial charge >= 0.3 is 0 Å². The van der Waals surface area contributed by atoms with Gasteiger partial charge in [-0.1, -0.05) is 23.5 Å². The lowest BCUT2D eigenvalue weighted by Gasteiger charge is -2.27. The fraction of sp³-hybridized carbons (Fsp3) is 0.263. The Hall–Kier alpha value is -2.71. The number of nitrogens with zero attached hydrogens (tertiary/aromatic N) is 4. The molecule has 1 atom stereocenters. The summed E-state index contributed by atoms with van der Waals surface area (Å²) in [7, 11) is 0. The first-order valence-electron chi connectivity index (χ1n) is 8.82. The first kappa shape index (κ1) is 16.5. The van der Waals surface area contributed by atoms with Crippen molar-refractivity contribution in [2.45, 2.75) is 18.9 Å². The van der Waals surface area contributed by atoms with Crippen molar-refractivity contribution in [1.82, 2.24) is 19.5 Å². The third-order valence-electron chi connectivity index (χ3n) is 4.88. The van der Waals surface area contributed by atoms with Crippen molar-refractivity contribution in [3.63, 3.8) is 0 Å². The fourth-order valence-electron chi connectivity index (χ4n) is 3.61. The average Bonchev–Trinajstić information content (AvgIpc) is 3.44. The lowest BCUT2D eigenvalue weighted by molar-refractivity contribution is 0.277. The van der Waals surface area contributed by atoms with Gasteiger partial charge in [-0.3, -0.25) is 4.90 Å². The molecule has 4 aromatic rings. The molecule has 0 saturated carbocycles. The molecule has 1 aliphatic rings. The maximum absolute atomic E-state index is 13.4. The summed E-state index contributed by atoms with van der Waals surface area (Å²) in [5.41, 5.74) is 0.948. The highest BCUT2D eigenvalue weighted by Gasteiger charge is 2.31. The Morgan fingerprint density at radius 1 is 1.15 bits per heavy atom. The van der Waals surface area contributed by atoms with Crippen LogP contribution in [0.25, 0.3) is 16.5 Å². The topological polar surface area (TPSA) is 66.8 Å². The van der Waals surface area contributed by atoms with Crippen LogP contribution in [0.15, 0.2) is 47.1 Å². The lowest BCUT2D eigenvalue weighted by atomic mass is 10.0. The quantitative estimate of drug-likeness (QED) is 0.574. The van der Waals surface area contributed by atoms with Crippen LogP contribution < -0.4 is 0 Å². The van der Waals surface area contributed by atoms with E-state index in [9.17, 15) is 9.50 Å². The zero-order chi connectivity index (χ0) is 18.4. The SMILES string of the molecule is Oc1c([C@H](c2ccc(F)cc2)N2CCCC2)sc2nc(-c3ccco3)nn12. The molecular formula is C19H17FN4O2S. The second-order valence-corrected chi connectivity index (χ2v) is 7.60. The van der Waals surface area contributed by atoms with Crippen LogP contribution in [-0.4, -0.2) is 37.7 Å². The summed E-state index contributed by atoms with van der Waals surface area (Å²) in [5.74, 6) is 0.796. The molecule has 0 aliphatic carbocycles. The van der Waals surface area contributed by atoms with E-state index in [1.807, 2.05) is 0 Å². The third kappa shape index (κ3) is 2.81. The van der Waals surface area contributed by atoms with Gasteiger partial charge in [0.2, 0.25) is 16.7 Å². The average molecular weight is 384 g/mol. The molecule has 5 rings (SSSR count). The number of hydrogen-bond acceptors (Lipinski definition) is 6. The number of benzene rings is 1. The fourth-order valence-corrected chi connectivity index (χ4v) is 4.73. The van der Waals surface area contributed by atoms with E-state index in [0.717, 1.165) is 36.4 Å². The summed E-state index contributed by atoms with van der Waals surface area (Å²) in [4.78, 5) is 8.17. The lowest BCUT2D eigenvalue weighted by Crippen LogP contribution is -2.26. The highest BCUT2D eigenvalue weighted by molar-refractivity contribution is 7.17. The number of aromatic hydroxyl groups is 1. The molecule has 0 bridgehead atoms. The molecule has 27 heavy (non-hydrogen) atoms.